The molecule has 0 atom stereocenters. The number of allylic oxidation sites excluding steroid dienone is 4. The average Bonchev–Trinajstić information content (AvgIpc) is 3.63. The van der Waals surface area contributed by atoms with Crippen molar-refractivity contribution in [1.82, 2.24) is 4.57 Å². The topological polar surface area (TPSA) is 8.17 Å². The second kappa shape index (κ2) is 13.3. The minimum Gasteiger partial charge on any atom is -0.313 e. The van der Waals surface area contributed by atoms with Crippen LogP contribution in [0.4, 0.5) is 17.1 Å². The van der Waals surface area contributed by atoms with Crippen LogP contribution in [0.25, 0.3) is 82.4 Å². The van der Waals surface area contributed by atoms with Crippen LogP contribution in [0.2, 0.25) is 0 Å². The predicted octanol–water partition coefficient (Wildman–Crippen LogP) is 15.2. The molecule has 2 nitrogen and oxygen atoms in total. The maximum Gasteiger partial charge on any atom is 0.0544 e. The molecule has 10 aromatic rings. The fourth-order valence-electron chi connectivity index (χ4n) is 9.02. The Morgan fingerprint density at radius 2 is 0.875 bits per heavy atom. The first-order chi connectivity index (χ1) is 27.8. The molecule has 0 saturated carbocycles. The molecule has 1 aliphatic rings. The van der Waals surface area contributed by atoms with Gasteiger partial charge in [0.25, 0.3) is 0 Å². The molecule has 0 unspecified atom stereocenters. The highest BCUT2D eigenvalue weighted by Crippen LogP contribution is 2.48. The molecule has 11 rings (SSSR count). The molecular formula is C54H38N2. The Hall–Kier alpha value is -7.16. The lowest BCUT2D eigenvalue weighted by Crippen LogP contribution is -2.09. The van der Waals surface area contributed by atoms with Gasteiger partial charge in [-0.05, 0) is 117 Å². The second-order valence-electron chi connectivity index (χ2n) is 14.8. The van der Waals surface area contributed by atoms with Crippen LogP contribution < -0.4 is 4.90 Å². The Bertz CT molecular complexity index is 2990. The van der Waals surface area contributed by atoms with Crippen molar-refractivity contribution in [2.24, 2.45) is 0 Å². The summed E-state index contributed by atoms with van der Waals surface area (Å²) >= 11 is 0. The van der Waals surface area contributed by atoms with Gasteiger partial charge in [-0.15, -0.1) is 0 Å². The molecule has 0 amide bonds. The van der Waals surface area contributed by atoms with Gasteiger partial charge in [0.2, 0.25) is 0 Å². The predicted molar refractivity (Wildman–Crippen MR) is 239 cm³/mol. The van der Waals surface area contributed by atoms with Crippen LogP contribution in [0.5, 0.6) is 0 Å². The Morgan fingerprint density at radius 3 is 1.46 bits per heavy atom. The van der Waals surface area contributed by atoms with Crippen LogP contribution in [0.1, 0.15) is 12.8 Å². The molecule has 2 heteroatoms. The van der Waals surface area contributed by atoms with Crippen LogP contribution in [0.3, 0.4) is 0 Å². The number of hydrogen-bond donors (Lipinski definition) is 0. The van der Waals surface area contributed by atoms with E-state index in [1.54, 1.807) is 0 Å². The van der Waals surface area contributed by atoms with Gasteiger partial charge < -0.3 is 9.47 Å². The van der Waals surface area contributed by atoms with Crippen LogP contribution in [-0.2, 0) is 0 Å². The summed E-state index contributed by atoms with van der Waals surface area (Å²) in [6.45, 7) is 0. The van der Waals surface area contributed by atoms with Crippen molar-refractivity contribution in [3.63, 3.8) is 0 Å². The molecule has 0 radical (unpaired) electrons. The SMILES string of the molecule is C1=CCCC(n2c3cccc4c5ccccc5c5c(-c6ccc(N(c7ccc(-c8ccccc8)cc7)c7ccc(-c8ccccc8)cc7)cc6)ccc2c5c43)=C1. The molecule has 0 N–H and O–H groups in total. The van der Waals surface area contributed by atoms with Crippen molar-refractivity contribution in [2.75, 3.05) is 4.90 Å². The summed E-state index contributed by atoms with van der Waals surface area (Å²) in [6.07, 6.45) is 8.87. The lowest BCUT2D eigenvalue weighted by atomic mass is 9.89. The molecule has 0 aliphatic heterocycles. The van der Waals surface area contributed by atoms with Gasteiger partial charge in [0.1, 0.15) is 0 Å². The highest BCUT2D eigenvalue weighted by Gasteiger charge is 2.23. The minimum absolute atomic E-state index is 1.03. The van der Waals surface area contributed by atoms with Crippen LogP contribution in [0.15, 0.2) is 206 Å². The van der Waals surface area contributed by atoms with Gasteiger partial charge >= 0.3 is 0 Å². The largest absolute Gasteiger partial charge is 0.313 e. The van der Waals surface area contributed by atoms with Gasteiger partial charge in [-0.25, -0.2) is 0 Å². The fraction of sp³-hybridized carbons (Fsp3) is 0.0370. The first-order valence-electron chi connectivity index (χ1n) is 19.6. The normalized spacial score (nSPS) is 12.9. The molecule has 0 spiro atoms. The molecule has 1 heterocycles. The molecule has 0 bridgehead atoms. The highest BCUT2D eigenvalue weighted by molar-refractivity contribution is 6.36. The van der Waals surface area contributed by atoms with E-state index in [-0.39, 0.29) is 0 Å². The summed E-state index contributed by atoms with van der Waals surface area (Å²) in [5, 5.41) is 7.95. The summed E-state index contributed by atoms with van der Waals surface area (Å²) in [6, 6.07) is 68.7. The van der Waals surface area contributed by atoms with Gasteiger partial charge in [-0.3, -0.25) is 0 Å². The lowest BCUT2D eigenvalue weighted by Gasteiger charge is -2.26. The third-order valence-corrected chi connectivity index (χ3v) is 11.6. The Morgan fingerprint density at radius 1 is 0.375 bits per heavy atom. The van der Waals surface area contributed by atoms with Crippen LogP contribution in [-0.4, -0.2) is 4.57 Å². The summed E-state index contributed by atoms with van der Waals surface area (Å²) < 4.78 is 2.52. The van der Waals surface area contributed by atoms with Gasteiger partial charge in [-0.2, -0.15) is 0 Å². The van der Waals surface area contributed by atoms with Gasteiger partial charge in [0, 0.05) is 38.9 Å². The summed E-state index contributed by atoms with van der Waals surface area (Å²) in [5.41, 5.74) is 14.6. The number of hydrogen-bond acceptors (Lipinski definition) is 1. The van der Waals surface area contributed by atoms with E-state index in [1.165, 1.54) is 82.4 Å². The van der Waals surface area contributed by atoms with Gasteiger partial charge in [0.15, 0.2) is 0 Å². The maximum absolute atomic E-state index is 2.52. The number of aromatic nitrogens is 1. The molecule has 0 saturated heterocycles. The fourth-order valence-corrected chi connectivity index (χ4v) is 9.02. The third-order valence-electron chi connectivity index (χ3n) is 11.6. The molecule has 56 heavy (non-hydrogen) atoms. The highest BCUT2D eigenvalue weighted by atomic mass is 15.1. The monoisotopic (exact) mass is 714 g/mol. The summed E-state index contributed by atoms with van der Waals surface area (Å²) in [5.74, 6) is 0. The van der Waals surface area contributed by atoms with Crippen molar-refractivity contribution < 1.29 is 0 Å². The van der Waals surface area contributed by atoms with Crippen molar-refractivity contribution in [3.05, 3.63) is 206 Å². The van der Waals surface area contributed by atoms with Crippen LogP contribution in [0, 0.1) is 0 Å². The number of nitrogens with zero attached hydrogens (tertiary/aromatic N) is 2. The van der Waals surface area contributed by atoms with Gasteiger partial charge in [0.05, 0.1) is 11.0 Å². The summed E-state index contributed by atoms with van der Waals surface area (Å²) in [4.78, 5) is 2.36. The van der Waals surface area contributed by atoms with Crippen LogP contribution >= 0.6 is 0 Å². The average molecular weight is 715 g/mol. The Balaban J connectivity index is 1.06. The molecule has 1 aliphatic carbocycles. The van der Waals surface area contributed by atoms with Crippen molar-refractivity contribution in [1.29, 1.82) is 0 Å². The zero-order valence-electron chi connectivity index (χ0n) is 30.9. The minimum atomic E-state index is 1.03. The molecule has 0 fully saturated rings. The smallest absolute Gasteiger partial charge is 0.0544 e. The number of anilines is 3. The maximum atomic E-state index is 2.52. The number of fused-ring (bicyclic) bond motifs is 3. The van der Waals surface area contributed by atoms with E-state index in [4.69, 9.17) is 0 Å². The Labute approximate surface area is 326 Å². The van der Waals surface area contributed by atoms with Crippen molar-refractivity contribution in [3.8, 4) is 33.4 Å². The standard InChI is InChI=1S/C54H38N2/c1-4-13-37(14-5-1)39-23-29-43(30-24-39)55(44-31-25-40(26-32-44)38-15-6-2-7-16-38)45-33-27-41(28-34-45)46-35-36-51-54-52(46)48-20-11-10-19-47(48)49-21-12-22-50(53(49)54)56(51)42-17-8-3-9-18-42/h1-8,10-17,19-36H,9,18H2. The second-order valence-corrected chi connectivity index (χ2v) is 14.8. The molecular weight excluding hydrogens is 677 g/mol. The molecule has 264 valence electrons. The van der Waals surface area contributed by atoms with E-state index >= 15 is 0 Å². The van der Waals surface area contributed by atoms with E-state index in [9.17, 15) is 0 Å². The summed E-state index contributed by atoms with van der Waals surface area (Å²) in [7, 11) is 0. The van der Waals surface area contributed by atoms with E-state index in [2.05, 4.69) is 216 Å². The quantitative estimate of drug-likeness (QED) is 0.149. The first kappa shape index (κ1) is 32.3. The Kier molecular flexibility index (Phi) is 7.67. The lowest BCUT2D eigenvalue weighted by molar-refractivity contribution is 0.979. The zero-order valence-corrected chi connectivity index (χ0v) is 30.9. The van der Waals surface area contributed by atoms with Gasteiger partial charge in [-0.1, -0.05) is 152 Å². The number of benzene rings is 9. The van der Waals surface area contributed by atoms with Crippen molar-refractivity contribution in [2.45, 2.75) is 12.8 Å². The zero-order chi connectivity index (χ0) is 37.0. The van der Waals surface area contributed by atoms with E-state index in [0.29, 0.717) is 0 Å². The third kappa shape index (κ3) is 5.26. The molecule has 9 aromatic carbocycles. The van der Waals surface area contributed by atoms with E-state index < -0.39 is 0 Å². The first-order valence-corrected chi connectivity index (χ1v) is 19.6. The van der Waals surface area contributed by atoms with Crippen molar-refractivity contribution >= 4 is 66.1 Å². The van der Waals surface area contributed by atoms with E-state index in [1.807, 2.05) is 0 Å². The number of rotatable bonds is 7. The molecule has 1 aromatic heterocycles. The van der Waals surface area contributed by atoms with E-state index in [0.717, 1.165) is 29.9 Å².